The first-order valence-corrected chi connectivity index (χ1v) is 11.0. The van der Waals surface area contributed by atoms with Crippen molar-refractivity contribution >= 4 is 33.9 Å². The Hall–Kier alpha value is -2.12. The van der Waals surface area contributed by atoms with Gasteiger partial charge in [-0.05, 0) is 43.2 Å². The van der Waals surface area contributed by atoms with Crippen molar-refractivity contribution in [2.75, 3.05) is 6.61 Å². The van der Waals surface area contributed by atoms with E-state index in [0.29, 0.717) is 6.61 Å². The van der Waals surface area contributed by atoms with E-state index in [9.17, 15) is 0 Å². The molecule has 0 aliphatic heterocycles. The molecule has 3 aromatic rings. The van der Waals surface area contributed by atoms with E-state index >= 15 is 0 Å². The van der Waals surface area contributed by atoms with E-state index in [-0.39, 0.29) is 0 Å². The minimum absolute atomic E-state index is 0.710. The third-order valence-electron chi connectivity index (χ3n) is 4.04. The van der Waals surface area contributed by atoms with E-state index in [1.165, 1.54) is 5.56 Å². The van der Waals surface area contributed by atoms with Crippen LogP contribution in [-0.2, 0) is 5.75 Å². The topological polar surface area (TPSA) is 52.3 Å². The van der Waals surface area contributed by atoms with Crippen molar-refractivity contribution in [3.8, 4) is 5.75 Å². The van der Waals surface area contributed by atoms with Crippen LogP contribution in [0.5, 0.6) is 5.75 Å². The number of nitrogens with zero attached hydrogens (tertiary/aromatic N) is 4. The average molecular weight is 459 g/mol. The Labute approximate surface area is 178 Å². The highest BCUT2D eigenvalue weighted by molar-refractivity contribution is 9.10. The molecule has 0 atom stereocenters. The fraction of sp³-hybridized carbons (Fsp3) is 0.286. The van der Waals surface area contributed by atoms with Gasteiger partial charge in [0.15, 0.2) is 5.82 Å². The molecule has 28 heavy (non-hydrogen) atoms. The standard InChI is InChI=1S/C21H23BrN4OS/c1-3-4-13-27-20-8-6-5-7-18(20)14-23-26-16(2)24-25-21(26)28-15-17-9-11-19(22)12-10-17/h5-12,14H,3-4,13,15H2,1-2H3/b23-14-. The molecule has 0 saturated carbocycles. The van der Waals surface area contributed by atoms with Crippen LogP contribution in [0.15, 0.2) is 63.3 Å². The van der Waals surface area contributed by atoms with Crippen LogP contribution in [0.1, 0.15) is 36.7 Å². The number of aromatic nitrogens is 3. The maximum atomic E-state index is 5.88. The number of benzene rings is 2. The van der Waals surface area contributed by atoms with Crippen molar-refractivity contribution < 1.29 is 4.74 Å². The zero-order valence-electron chi connectivity index (χ0n) is 16.0. The lowest BCUT2D eigenvalue weighted by Gasteiger charge is -2.08. The van der Waals surface area contributed by atoms with E-state index < -0.39 is 0 Å². The molecule has 3 rings (SSSR count). The lowest BCUT2D eigenvalue weighted by Crippen LogP contribution is -2.01. The maximum Gasteiger partial charge on any atom is 0.212 e. The fourth-order valence-electron chi connectivity index (χ4n) is 2.45. The number of aryl methyl sites for hydroxylation is 1. The molecular formula is C21H23BrN4OS. The van der Waals surface area contributed by atoms with E-state index in [0.717, 1.165) is 45.4 Å². The molecule has 0 unspecified atom stereocenters. The molecule has 1 heterocycles. The summed E-state index contributed by atoms with van der Waals surface area (Å²) in [6, 6.07) is 16.2. The molecule has 0 aliphatic carbocycles. The van der Waals surface area contributed by atoms with Gasteiger partial charge in [-0.15, -0.1) is 10.2 Å². The molecule has 2 aromatic carbocycles. The SMILES string of the molecule is CCCCOc1ccccc1/C=N\n1c(C)nnc1SCc1ccc(Br)cc1. The van der Waals surface area contributed by atoms with E-state index in [1.54, 1.807) is 22.7 Å². The number of hydrogen-bond donors (Lipinski definition) is 0. The van der Waals surface area contributed by atoms with Gasteiger partial charge in [0.05, 0.1) is 12.8 Å². The van der Waals surface area contributed by atoms with Gasteiger partial charge in [0.25, 0.3) is 0 Å². The normalized spacial score (nSPS) is 11.2. The first-order valence-electron chi connectivity index (χ1n) is 9.23. The molecule has 0 N–H and O–H groups in total. The Morgan fingerprint density at radius 3 is 2.71 bits per heavy atom. The number of rotatable bonds is 9. The van der Waals surface area contributed by atoms with Crippen LogP contribution in [-0.4, -0.2) is 27.7 Å². The highest BCUT2D eigenvalue weighted by Crippen LogP contribution is 2.23. The molecule has 0 saturated heterocycles. The maximum absolute atomic E-state index is 5.88. The Balaban J connectivity index is 1.72. The molecule has 0 amide bonds. The van der Waals surface area contributed by atoms with Crippen LogP contribution >= 0.6 is 27.7 Å². The second-order valence-electron chi connectivity index (χ2n) is 6.24. The van der Waals surface area contributed by atoms with Gasteiger partial charge < -0.3 is 4.74 Å². The van der Waals surface area contributed by atoms with Crippen molar-refractivity contribution in [1.29, 1.82) is 0 Å². The van der Waals surface area contributed by atoms with E-state index in [4.69, 9.17) is 4.74 Å². The van der Waals surface area contributed by atoms with Crippen LogP contribution in [0.2, 0.25) is 0 Å². The summed E-state index contributed by atoms with van der Waals surface area (Å²) in [5.74, 6) is 2.39. The molecule has 0 spiro atoms. The number of para-hydroxylation sites is 1. The quantitative estimate of drug-likeness (QED) is 0.234. The first-order chi connectivity index (χ1) is 13.7. The molecule has 0 bridgehead atoms. The Bertz CT molecular complexity index is 924. The number of halogens is 1. The molecule has 0 radical (unpaired) electrons. The first kappa shape index (κ1) is 20.6. The highest BCUT2D eigenvalue weighted by Gasteiger charge is 2.09. The summed E-state index contributed by atoms with van der Waals surface area (Å²) in [7, 11) is 0. The van der Waals surface area contributed by atoms with Crippen molar-refractivity contribution in [1.82, 2.24) is 14.9 Å². The van der Waals surface area contributed by atoms with Crippen molar-refractivity contribution in [2.45, 2.75) is 37.6 Å². The molecule has 1 aromatic heterocycles. The van der Waals surface area contributed by atoms with Crippen molar-refractivity contribution in [2.24, 2.45) is 5.10 Å². The van der Waals surface area contributed by atoms with Crippen molar-refractivity contribution in [3.63, 3.8) is 0 Å². The summed E-state index contributed by atoms with van der Waals surface area (Å²) in [6.07, 6.45) is 3.95. The van der Waals surface area contributed by atoms with E-state index in [2.05, 4.69) is 50.3 Å². The monoisotopic (exact) mass is 458 g/mol. The smallest absolute Gasteiger partial charge is 0.212 e. The molecule has 0 fully saturated rings. The molecular weight excluding hydrogens is 436 g/mol. The average Bonchev–Trinajstić information content (AvgIpc) is 3.06. The fourth-order valence-corrected chi connectivity index (χ4v) is 3.61. The third kappa shape index (κ3) is 5.69. The summed E-state index contributed by atoms with van der Waals surface area (Å²) >= 11 is 5.07. The zero-order valence-corrected chi connectivity index (χ0v) is 18.4. The molecule has 146 valence electrons. The number of thioether (sulfide) groups is 1. The van der Waals surface area contributed by atoms with Crippen LogP contribution in [0.4, 0.5) is 0 Å². The van der Waals surface area contributed by atoms with Crippen LogP contribution in [0.3, 0.4) is 0 Å². The molecule has 5 nitrogen and oxygen atoms in total. The lowest BCUT2D eigenvalue weighted by molar-refractivity contribution is 0.309. The summed E-state index contributed by atoms with van der Waals surface area (Å²) in [4.78, 5) is 0. The van der Waals surface area contributed by atoms with Crippen molar-refractivity contribution in [3.05, 3.63) is 70.0 Å². The van der Waals surface area contributed by atoms with Gasteiger partial charge >= 0.3 is 0 Å². The third-order valence-corrected chi connectivity index (χ3v) is 5.56. The molecule has 7 heteroatoms. The number of hydrogen-bond acceptors (Lipinski definition) is 5. The highest BCUT2D eigenvalue weighted by atomic mass is 79.9. The van der Waals surface area contributed by atoms with Crippen LogP contribution < -0.4 is 4.74 Å². The van der Waals surface area contributed by atoms with Gasteiger partial charge in [-0.25, -0.2) is 0 Å². The van der Waals surface area contributed by atoms with Crippen LogP contribution in [0, 0.1) is 6.92 Å². The summed E-state index contributed by atoms with van der Waals surface area (Å²) in [6.45, 7) is 4.76. The Morgan fingerprint density at radius 2 is 1.93 bits per heavy atom. The Morgan fingerprint density at radius 1 is 1.14 bits per heavy atom. The summed E-state index contributed by atoms with van der Waals surface area (Å²) < 4.78 is 8.73. The second kappa shape index (κ2) is 10.4. The van der Waals surface area contributed by atoms with Gasteiger partial charge in [0.2, 0.25) is 5.16 Å². The minimum atomic E-state index is 0.710. The largest absolute Gasteiger partial charge is 0.493 e. The van der Waals surface area contributed by atoms with Gasteiger partial charge in [-0.3, -0.25) is 0 Å². The number of ether oxygens (including phenoxy) is 1. The van der Waals surface area contributed by atoms with Crippen LogP contribution in [0.25, 0.3) is 0 Å². The van der Waals surface area contributed by atoms with Gasteiger partial charge in [-0.1, -0.05) is 65.3 Å². The zero-order chi connectivity index (χ0) is 19.8. The summed E-state index contributed by atoms with van der Waals surface area (Å²) in [5, 5.41) is 13.8. The van der Waals surface area contributed by atoms with E-state index in [1.807, 2.05) is 43.3 Å². The number of unbranched alkanes of at least 4 members (excludes halogenated alkanes) is 1. The molecule has 0 aliphatic rings. The minimum Gasteiger partial charge on any atom is -0.493 e. The second-order valence-corrected chi connectivity index (χ2v) is 8.10. The predicted octanol–water partition coefficient (Wildman–Crippen LogP) is 5.70. The van der Waals surface area contributed by atoms with Gasteiger partial charge in [0.1, 0.15) is 5.75 Å². The summed E-state index contributed by atoms with van der Waals surface area (Å²) in [5.41, 5.74) is 2.16. The Kier molecular flexibility index (Phi) is 7.68. The van der Waals surface area contributed by atoms with Gasteiger partial charge in [0, 0.05) is 15.8 Å². The van der Waals surface area contributed by atoms with Gasteiger partial charge in [-0.2, -0.15) is 9.78 Å². The predicted molar refractivity (Wildman–Crippen MR) is 118 cm³/mol. The lowest BCUT2D eigenvalue weighted by atomic mass is 10.2.